The monoisotopic (exact) mass is 351 g/mol. The Morgan fingerprint density at radius 2 is 1.80 bits per heavy atom. The molecular weight excluding hydrogens is 334 g/mol. The fraction of sp³-hybridized carbons (Fsp3) is 0.105. The molecule has 6 heteroatoms. The van der Waals surface area contributed by atoms with Crippen molar-refractivity contribution in [3.8, 4) is 0 Å². The standard InChI is InChI=1S/C19H17N3O2S/c1-22(2)19(24)25-15-8-9-16-14(12-15)10-11-20-17(16)21-18(23)13-6-4-3-5-7-13/h3-12H,1-2H3,(H,20,21,23). The van der Waals surface area contributed by atoms with Crippen molar-refractivity contribution in [3.63, 3.8) is 0 Å². The lowest BCUT2D eigenvalue weighted by Crippen LogP contribution is -2.16. The van der Waals surface area contributed by atoms with E-state index in [1.807, 2.05) is 42.5 Å². The van der Waals surface area contributed by atoms with E-state index in [0.29, 0.717) is 11.4 Å². The summed E-state index contributed by atoms with van der Waals surface area (Å²) in [7, 11) is 3.44. The largest absolute Gasteiger partial charge is 0.339 e. The van der Waals surface area contributed by atoms with E-state index in [1.165, 1.54) is 4.90 Å². The quantitative estimate of drug-likeness (QED) is 0.716. The van der Waals surface area contributed by atoms with E-state index in [4.69, 9.17) is 0 Å². The minimum atomic E-state index is -0.207. The van der Waals surface area contributed by atoms with E-state index >= 15 is 0 Å². The van der Waals surface area contributed by atoms with Gasteiger partial charge in [0.25, 0.3) is 11.1 Å². The van der Waals surface area contributed by atoms with Crippen LogP contribution in [0.15, 0.2) is 65.7 Å². The Morgan fingerprint density at radius 3 is 2.52 bits per heavy atom. The van der Waals surface area contributed by atoms with Gasteiger partial charge in [0.05, 0.1) is 0 Å². The zero-order valence-corrected chi connectivity index (χ0v) is 14.7. The molecule has 3 rings (SSSR count). The number of nitrogens with one attached hydrogen (secondary N) is 1. The number of amides is 2. The number of fused-ring (bicyclic) bond motifs is 1. The molecule has 0 unspecified atom stereocenters. The third kappa shape index (κ3) is 3.97. The van der Waals surface area contributed by atoms with Crippen LogP contribution in [0.5, 0.6) is 0 Å². The van der Waals surface area contributed by atoms with E-state index in [-0.39, 0.29) is 11.1 Å². The number of anilines is 1. The predicted octanol–water partition coefficient (Wildman–Crippen LogP) is 4.26. The summed E-state index contributed by atoms with van der Waals surface area (Å²) in [6, 6.07) is 16.5. The van der Waals surface area contributed by atoms with E-state index in [9.17, 15) is 9.59 Å². The summed E-state index contributed by atoms with van der Waals surface area (Å²) < 4.78 is 0. The molecule has 126 valence electrons. The number of hydrogen-bond acceptors (Lipinski definition) is 4. The maximum Gasteiger partial charge on any atom is 0.285 e. The molecule has 2 aromatic carbocycles. The molecule has 1 N–H and O–H groups in total. The lowest BCUT2D eigenvalue weighted by molar-refractivity contribution is 0.102. The normalized spacial score (nSPS) is 10.5. The van der Waals surface area contributed by atoms with Crippen LogP contribution in [0, 0.1) is 0 Å². The summed E-state index contributed by atoms with van der Waals surface area (Å²) in [5, 5.41) is 4.55. The van der Waals surface area contributed by atoms with Gasteiger partial charge in [0.1, 0.15) is 5.82 Å². The Hall–Kier alpha value is -2.86. The highest BCUT2D eigenvalue weighted by Gasteiger charge is 2.11. The highest BCUT2D eigenvalue weighted by molar-refractivity contribution is 8.13. The smallest absolute Gasteiger partial charge is 0.285 e. The molecule has 0 bridgehead atoms. The molecule has 3 aromatic rings. The van der Waals surface area contributed by atoms with Gasteiger partial charge in [-0.3, -0.25) is 9.59 Å². The average Bonchev–Trinajstić information content (AvgIpc) is 2.62. The number of nitrogens with zero attached hydrogens (tertiary/aromatic N) is 2. The van der Waals surface area contributed by atoms with Crippen LogP contribution < -0.4 is 5.32 Å². The molecule has 1 heterocycles. The number of carbonyl (C=O) groups is 2. The Morgan fingerprint density at radius 1 is 1.04 bits per heavy atom. The number of aromatic nitrogens is 1. The van der Waals surface area contributed by atoms with Gasteiger partial charge in [0.15, 0.2) is 0 Å². The second-order valence-electron chi connectivity index (χ2n) is 5.63. The van der Waals surface area contributed by atoms with Gasteiger partial charge in [0.2, 0.25) is 0 Å². The number of hydrogen-bond donors (Lipinski definition) is 1. The molecule has 1 aromatic heterocycles. The van der Waals surface area contributed by atoms with Crippen molar-refractivity contribution >= 4 is 39.5 Å². The van der Waals surface area contributed by atoms with Gasteiger partial charge in [0, 0.05) is 36.1 Å². The zero-order valence-electron chi connectivity index (χ0n) is 13.9. The van der Waals surface area contributed by atoms with Crippen LogP contribution in [0.3, 0.4) is 0 Å². The number of benzene rings is 2. The van der Waals surface area contributed by atoms with Crippen LogP contribution in [0.2, 0.25) is 0 Å². The van der Waals surface area contributed by atoms with E-state index in [0.717, 1.165) is 27.4 Å². The lowest BCUT2D eigenvalue weighted by Gasteiger charge is -2.11. The number of carbonyl (C=O) groups excluding carboxylic acids is 2. The first-order valence-electron chi connectivity index (χ1n) is 7.69. The lowest BCUT2D eigenvalue weighted by atomic mass is 10.1. The topological polar surface area (TPSA) is 62.3 Å². The van der Waals surface area contributed by atoms with Gasteiger partial charge in [-0.15, -0.1) is 0 Å². The second-order valence-corrected chi connectivity index (χ2v) is 6.65. The van der Waals surface area contributed by atoms with Crippen molar-refractivity contribution < 1.29 is 9.59 Å². The molecule has 0 fully saturated rings. The van der Waals surface area contributed by atoms with Gasteiger partial charge in [-0.2, -0.15) is 0 Å². The van der Waals surface area contributed by atoms with Crippen molar-refractivity contribution in [1.29, 1.82) is 0 Å². The Labute approximate surface area is 150 Å². The second kappa shape index (κ2) is 7.36. The predicted molar refractivity (Wildman–Crippen MR) is 101 cm³/mol. The first kappa shape index (κ1) is 17.0. The third-order valence-corrected chi connectivity index (χ3v) is 4.60. The molecule has 0 aliphatic rings. The van der Waals surface area contributed by atoms with Crippen molar-refractivity contribution in [3.05, 3.63) is 66.4 Å². The van der Waals surface area contributed by atoms with Crippen LogP contribution in [0.1, 0.15) is 10.4 Å². The molecule has 0 saturated heterocycles. The van der Waals surface area contributed by atoms with Crippen LogP contribution >= 0.6 is 11.8 Å². The number of rotatable bonds is 3. The molecule has 5 nitrogen and oxygen atoms in total. The zero-order chi connectivity index (χ0) is 17.8. The molecule has 0 atom stereocenters. The minimum Gasteiger partial charge on any atom is -0.339 e. The minimum absolute atomic E-state index is 0.0361. The maximum absolute atomic E-state index is 12.3. The molecule has 2 amide bonds. The van der Waals surface area contributed by atoms with Crippen molar-refractivity contribution in [2.75, 3.05) is 19.4 Å². The van der Waals surface area contributed by atoms with Crippen LogP contribution in [-0.4, -0.2) is 35.1 Å². The van der Waals surface area contributed by atoms with Crippen LogP contribution in [-0.2, 0) is 0 Å². The maximum atomic E-state index is 12.3. The SMILES string of the molecule is CN(C)C(=O)Sc1ccc2c(NC(=O)c3ccccc3)nccc2c1. The molecule has 25 heavy (non-hydrogen) atoms. The highest BCUT2D eigenvalue weighted by Crippen LogP contribution is 2.28. The number of thioether (sulfide) groups is 1. The third-order valence-electron chi connectivity index (χ3n) is 3.57. The van der Waals surface area contributed by atoms with Gasteiger partial charge in [-0.25, -0.2) is 4.98 Å². The summed E-state index contributed by atoms with van der Waals surface area (Å²) in [6.07, 6.45) is 1.64. The summed E-state index contributed by atoms with van der Waals surface area (Å²) >= 11 is 1.16. The van der Waals surface area contributed by atoms with Gasteiger partial charge in [-0.1, -0.05) is 18.2 Å². The van der Waals surface area contributed by atoms with Crippen molar-refractivity contribution in [2.45, 2.75) is 4.90 Å². The van der Waals surface area contributed by atoms with Gasteiger partial charge < -0.3 is 10.2 Å². The Kier molecular flexibility index (Phi) is 5.00. The fourth-order valence-corrected chi connectivity index (χ4v) is 2.99. The summed E-state index contributed by atoms with van der Waals surface area (Å²) in [6.45, 7) is 0. The molecule has 0 saturated carbocycles. The van der Waals surface area contributed by atoms with Crippen LogP contribution in [0.4, 0.5) is 10.6 Å². The number of pyridine rings is 1. The summed E-state index contributed by atoms with van der Waals surface area (Å²) in [5.74, 6) is 0.295. The molecule has 0 aliphatic carbocycles. The highest BCUT2D eigenvalue weighted by atomic mass is 32.2. The first-order chi connectivity index (χ1) is 12.0. The molecule has 0 spiro atoms. The van der Waals surface area contributed by atoms with E-state index < -0.39 is 0 Å². The molecule has 0 radical (unpaired) electrons. The summed E-state index contributed by atoms with van der Waals surface area (Å²) in [4.78, 5) is 30.8. The Bertz CT molecular complexity index is 926. The van der Waals surface area contributed by atoms with Gasteiger partial charge in [-0.05, 0) is 53.5 Å². The molecule has 0 aliphatic heterocycles. The van der Waals surface area contributed by atoms with Crippen molar-refractivity contribution in [1.82, 2.24) is 9.88 Å². The van der Waals surface area contributed by atoms with Crippen molar-refractivity contribution in [2.24, 2.45) is 0 Å². The first-order valence-corrected chi connectivity index (χ1v) is 8.50. The van der Waals surface area contributed by atoms with E-state index in [2.05, 4.69) is 10.3 Å². The van der Waals surface area contributed by atoms with Gasteiger partial charge >= 0.3 is 0 Å². The van der Waals surface area contributed by atoms with E-state index in [1.54, 1.807) is 32.4 Å². The summed E-state index contributed by atoms with van der Waals surface area (Å²) in [5.41, 5.74) is 0.574. The Balaban J connectivity index is 1.87. The molecular formula is C19H17N3O2S. The average molecular weight is 351 g/mol. The fourth-order valence-electron chi connectivity index (χ4n) is 2.28. The van der Waals surface area contributed by atoms with Crippen LogP contribution in [0.25, 0.3) is 10.8 Å².